The molecule has 0 radical (unpaired) electrons. The molecule has 5 heteroatoms. The Hall–Kier alpha value is -2.01. The Morgan fingerprint density at radius 3 is 2.90 bits per heavy atom. The lowest BCUT2D eigenvalue weighted by atomic mass is 10.1. The van der Waals surface area contributed by atoms with Crippen LogP contribution in [0.15, 0.2) is 24.3 Å². The third kappa shape index (κ3) is 3.36. The van der Waals surface area contributed by atoms with Crippen LogP contribution in [0.25, 0.3) is 6.08 Å². The Balaban J connectivity index is 1.66. The molecule has 3 rings (SSSR count). The van der Waals surface area contributed by atoms with Gasteiger partial charge in [0.25, 0.3) is 0 Å². The minimum atomic E-state index is 0.0139. The number of hydrogen-bond donors (Lipinski definition) is 1. The zero-order valence-corrected chi connectivity index (χ0v) is 12.0. The molecule has 5 nitrogen and oxygen atoms in total. The van der Waals surface area contributed by atoms with E-state index in [-0.39, 0.29) is 11.9 Å². The quantitative estimate of drug-likeness (QED) is 0.836. The number of nitrogens with two attached hydrogens (primary N) is 1. The first-order chi connectivity index (χ1) is 10.2. The number of likely N-dealkylation sites (tertiary alicyclic amines) is 1. The molecule has 1 saturated heterocycles. The van der Waals surface area contributed by atoms with Crippen LogP contribution in [0.3, 0.4) is 0 Å². The number of fused-ring (bicyclic) bond motifs is 1. The molecule has 0 aliphatic carbocycles. The average molecular weight is 288 g/mol. The lowest BCUT2D eigenvalue weighted by Crippen LogP contribution is -2.45. The zero-order chi connectivity index (χ0) is 14.7. The molecule has 21 heavy (non-hydrogen) atoms. The van der Waals surface area contributed by atoms with Crippen molar-refractivity contribution in [3.8, 4) is 11.5 Å². The normalized spacial score (nSPS) is 21.6. The number of rotatable bonds is 2. The van der Waals surface area contributed by atoms with Crippen molar-refractivity contribution < 1.29 is 14.3 Å². The zero-order valence-electron chi connectivity index (χ0n) is 12.0. The molecule has 2 aliphatic rings. The third-order valence-electron chi connectivity index (χ3n) is 3.75. The summed E-state index contributed by atoms with van der Waals surface area (Å²) >= 11 is 0. The van der Waals surface area contributed by atoms with Crippen molar-refractivity contribution in [3.05, 3.63) is 29.8 Å². The summed E-state index contributed by atoms with van der Waals surface area (Å²) in [5.41, 5.74) is 6.82. The summed E-state index contributed by atoms with van der Waals surface area (Å²) in [7, 11) is 0. The maximum Gasteiger partial charge on any atom is 0.246 e. The molecule has 0 aromatic heterocycles. The SMILES string of the molecule is NC1CCCN(C(=O)/C=C/c2ccc3c(c2)OCCO3)C1. The van der Waals surface area contributed by atoms with Crippen LogP contribution in [0.5, 0.6) is 11.5 Å². The van der Waals surface area contributed by atoms with Crippen molar-refractivity contribution in [1.29, 1.82) is 0 Å². The fourth-order valence-corrected chi connectivity index (χ4v) is 2.65. The molecule has 112 valence electrons. The molecule has 0 bridgehead atoms. The second kappa shape index (κ2) is 6.18. The molecule has 0 saturated carbocycles. The highest BCUT2D eigenvalue weighted by Gasteiger charge is 2.19. The molecule has 2 aliphatic heterocycles. The van der Waals surface area contributed by atoms with Crippen LogP contribution in [0.1, 0.15) is 18.4 Å². The van der Waals surface area contributed by atoms with Crippen LogP contribution in [0.2, 0.25) is 0 Å². The second-order valence-corrected chi connectivity index (χ2v) is 5.42. The van der Waals surface area contributed by atoms with Gasteiger partial charge in [-0.05, 0) is 36.6 Å². The van der Waals surface area contributed by atoms with Crippen LogP contribution >= 0.6 is 0 Å². The van der Waals surface area contributed by atoms with Gasteiger partial charge in [-0.25, -0.2) is 0 Å². The third-order valence-corrected chi connectivity index (χ3v) is 3.75. The Morgan fingerprint density at radius 1 is 1.29 bits per heavy atom. The van der Waals surface area contributed by atoms with Gasteiger partial charge in [-0.3, -0.25) is 4.79 Å². The van der Waals surface area contributed by atoms with Crippen molar-refractivity contribution >= 4 is 12.0 Å². The van der Waals surface area contributed by atoms with E-state index in [0.717, 1.165) is 36.4 Å². The molecule has 1 atom stereocenters. The number of benzene rings is 1. The molecule has 2 N–H and O–H groups in total. The minimum absolute atomic E-state index is 0.0139. The van der Waals surface area contributed by atoms with Crippen LogP contribution in [-0.2, 0) is 4.79 Å². The highest BCUT2D eigenvalue weighted by Crippen LogP contribution is 2.31. The summed E-state index contributed by atoms with van der Waals surface area (Å²) in [6.45, 7) is 2.57. The maximum atomic E-state index is 12.1. The van der Waals surface area contributed by atoms with Crippen molar-refractivity contribution in [2.45, 2.75) is 18.9 Å². The topological polar surface area (TPSA) is 64.8 Å². The van der Waals surface area contributed by atoms with E-state index >= 15 is 0 Å². The summed E-state index contributed by atoms with van der Waals surface area (Å²) in [4.78, 5) is 13.9. The van der Waals surface area contributed by atoms with Gasteiger partial charge < -0.3 is 20.1 Å². The van der Waals surface area contributed by atoms with E-state index in [4.69, 9.17) is 15.2 Å². The Morgan fingerprint density at radius 2 is 2.10 bits per heavy atom. The monoisotopic (exact) mass is 288 g/mol. The van der Waals surface area contributed by atoms with Gasteiger partial charge in [0, 0.05) is 25.2 Å². The summed E-state index contributed by atoms with van der Waals surface area (Å²) in [6.07, 6.45) is 5.38. The molecule has 1 unspecified atom stereocenters. The lowest BCUT2D eigenvalue weighted by Gasteiger charge is -2.29. The molecule has 0 spiro atoms. The Labute approximate surface area is 124 Å². The van der Waals surface area contributed by atoms with Crippen LogP contribution in [0.4, 0.5) is 0 Å². The first-order valence-electron chi connectivity index (χ1n) is 7.34. The van der Waals surface area contributed by atoms with Crippen molar-refractivity contribution in [2.24, 2.45) is 5.73 Å². The Bertz CT molecular complexity index is 556. The summed E-state index contributed by atoms with van der Waals surface area (Å²) in [6, 6.07) is 5.78. The fraction of sp³-hybridized carbons (Fsp3) is 0.438. The Kier molecular flexibility index (Phi) is 4.10. The molecular formula is C16H20N2O3. The van der Waals surface area contributed by atoms with Gasteiger partial charge in [0.15, 0.2) is 11.5 Å². The van der Waals surface area contributed by atoms with Crippen LogP contribution in [0, 0.1) is 0 Å². The lowest BCUT2D eigenvalue weighted by molar-refractivity contribution is -0.127. The van der Waals surface area contributed by atoms with E-state index in [9.17, 15) is 4.79 Å². The smallest absolute Gasteiger partial charge is 0.246 e. The molecule has 1 aromatic carbocycles. The number of piperidine rings is 1. The first-order valence-corrected chi connectivity index (χ1v) is 7.34. The van der Waals surface area contributed by atoms with E-state index in [1.165, 1.54) is 0 Å². The van der Waals surface area contributed by atoms with Gasteiger partial charge in [0.2, 0.25) is 5.91 Å². The molecule has 2 heterocycles. The van der Waals surface area contributed by atoms with E-state index in [0.29, 0.717) is 19.8 Å². The van der Waals surface area contributed by atoms with Crippen molar-refractivity contribution in [1.82, 2.24) is 4.90 Å². The number of nitrogens with zero attached hydrogens (tertiary/aromatic N) is 1. The predicted molar refractivity (Wildman–Crippen MR) is 80.3 cm³/mol. The van der Waals surface area contributed by atoms with Gasteiger partial charge in [-0.1, -0.05) is 6.07 Å². The summed E-state index contributed by atoms with van der Waals surface area (Å²) in [5.74, 6) is 1.50. The number of ether oxygens (including phenoxy) is 2. The standard InChI is InChI=1S/C16H20N2O3/c17-13-2-1-7-18(11-13)16(19)6-4-12-3-5-14-15(10-12)21-9-8-20-14/h3-6,10,13H,1-2,7-9,11,17H2/b6-4+. The molecule has 1 fully saturated rings. The van der Waals surface area contributed by atoms with Gasteiger partial charge in [-0.2, -0.15) is 0 Å². The number of carbonyl (C=O) groups excluding carboxylic acids is 1. The summed E-state index contributed by atoms with van der Waals surface area (Å²) in [5, 5.41) is 0. The number of amides is 1. The van der Waals surface area contributed by atoms with Crippen LogP contribution < -0.4 is 15.2 Å². The molecule has 1 amide bonds. The number of carbonyl (C=O) groups is 1. The van der Waals surface area contributed by atoms with Gasteiger partial charge in [0.05, 0.1) is 0 Å². The predicted octanol–water partition coefficient (Wildman–Crippen LogP) is 1.42. The van der Waals surface area contributed by atoms with E-state index in [1.54, 1.807) is 12.2 Å². The van der Waals surface area contributed by atoms with Gasteiger partial charge >= 0.3 is 0 Å². The van der Waals surface area contributed by atoms with E-state index < -0.39 is 0 Å². The highest BCUT2D eigenvalue weighted by atomic mass is 16.6. The van der Waals surface area contributed by atoms with Crippen LogP contribution in [-0.4, -0.2) is 43.2 Å². The highest BCUT2D eigenvalue weighted by molar-refractivity contribution is 5.92. The second-order valence-electron chi connectivity index (χ2n) is 5.42. The fourth-order valence-electron chi connectivity index (χ4n) is 2.65. The number of hydrogen-bond acceptors (Lipinski definition) is 4. The summed E-state index contributed by atoms with van der Waals surface area (Å²) < 4.78 is 11.0. The van der Waals surface area contributed by atoms with Gasteiger partial charge in [0.1, 0.15) is 13.2 Å². The van der Waals surface area contributed by atoms with Gasteiger partial charge in [-0.15, -0.1) is 0 Å². The van der Waals surface area contributed by atoms with Crippen molar-refractivity contribution in [2.75, 3.05) is 26.3 Å². The van der Waals surface area contributed by atoms with E-state index in [2.05, 4.69) is 0 Å². The van der Waals surface area contributed by atoms with E-state index in [1.807, 2.05) is 23.1 Å². The van der Waals surface area contributed by atoms with Crippen molar-refractivity contribution in [3.63, 3.8) is 0 Å². The molecule has 1 aromatic rings. The average Bonchev–Trinajstić information content (AvgIpc) is 2.52. The largest absolute Gasteiger partial charge is 0.486 e. The first kappa shape index (κ1) is 13.9. The maximum absolute atomic E-state index is 12.1. The minimum Gasteiger partial charge on any atom is -0.486 e. The molecular weight excluding hydrogens is 268 g/mol.